The monoisotopic (exact) mass is 361 g/mol. The molecule has 2 heterocycles. The van der Waals surface area contributed by atoms with Crippen LogP contribution in [0.5, 0.6) is 0 Å². The molecule has 27 heavy (non-hydrogen) atoms. The van der Waals surface area contributed by atoms with E-state index in [9.17, 15) is 4.79 Å². The number of anilines is 2. The minimum atomic E-state index is -0.159. The largest absolute Gasteiger partial charge is 0.378 e. The minimum absolute atomic E-state index is 0.159. The highest BCUT2D eigenvalue weighted by Crippen LogP contribution is 2.17. The van der Waals surface area contributed by atoms with E-state index in [0.29, 0.717) is 13.1 Å². The molecule has 0 atom stereocenters. The first-order chi connectivity index (χ1) is 13.1. The van der Waals surface area contributed by atoms with Crippen LogP contribution in [0.25, 0.3) is 0 Å². The zero-order valence-electron chi connectivity index (χ0n) is 15.5. The smallest absolute Gasteiger partial charge is 0.322 e. The van der Waals surface area contributed by atoms with Gasteiger partial charge in [-0.2, -0.15) is 0 Å². The summed E-state index contributed by atoms with van der Waals surface area (Å²) in [5, 5.41) is 2.98. The second-order valence-electron chi connectivity index (χ2n) is 6.44. The summed E-state index contributed by atoms with van der Waals surface area (Å²) in [6.07, 6.45) is 6.96. The number of aromatic nitrogens is 2. The van der Waals surface area contributed by atoms with Crippen molar-refractivity contribution in [3.63, 3.8) is 0 Å². The molecular weight excluding hydrogens is 338 g/mol. The topological polar surface area (TPSA) is 61.4 Å². The number of hydrogen-bond acceptors (Lipinski definition) is 4. The van der Waals surface area contributed by atoms with E-state index in [1.165, 1.54) is 0 Å². The molecule has 138 valence electrons. The molecule has 0 spiro atoms. The molecule has 1 N–H and O–H groups in total. The molecule has 6 nitrogen and oxygen atoms in total. The van der Waals surface area contributed by atoms with Gasteiger partial charge in [-0.1, -0.05) is 6.07 Å². The van der Waals surface area contributed by atoms with Crippen LogP contribution in [0.15, 0.2) is 73.3 Å². The van der Waals surface area contributed by atoms with Gasteiger partial charge in [0.05, 0.1) is 0 Å². The maximum atomic E-state index is 12.9. The number of hydrogen-bond donors (Lipinski definition) is 1. The van der Waals surface area contributed by atoms with Crippen LogP contribution in [-0.4, -0.2) is 35.0 Å². The first-order valence-electron chi connectivity index (χ1n) is 8.73. The van der Waals surface area contributed by atoms with Crippen molar-refractivity contribution in [1.82, 2.24) is 14.9 Å². The van der Waals surface area contributed by atoms with Gasteiger partial charge in [0.25, 0.3) is 0 Å². The number of rotatable bonds is 6. The highest BCUT2D eigenvalue weighted by molar-refractivity contribution is 5.89. The molecular formula is C21H23N5O. The number of nitrogens with one attached hydrogen (secondary N) is 1. The number of carbonyl (C=O) groups is 1. The van der Waals surface area contributed by atoms with Crippen LogP contribution in [0, 0.1) is 0 Å². The van der Waals surface area contributed by atoms with Crippen LogP contribution in [0.4, 0.5) is 16.2 Å². The standard InChI is InChI=1S/C21H23N5O/c1-25(2)20-7-5-19(6-8-20)24-21(27)26(15-17-9-12-22-13-10-17)16-18-4-3-11-23-14-18/h3-14H,15-16H2,1-2H3,(H,24,27). The highest BCUT2D eigenvalue weighted by Gasteiger charge is 2.15. The van der Waals surface area contributed by atoms with Crippen molar-refractivity contribution in [3.05, 3.63) is 84.4 Å². The number of nitrogens with zero attached hydrogens (tertiary/aromatic N) is 4. The lowest BCUT2D eigenvalue weighted by molar-refractivity contribution is 0.206. The lowest BCUT2D eigenvalue weighted by Gasteiger charge is -2.23. The Morgan fingerprint density at radius 1 is 0.889 bits per heavy atom. The molecule has 0 radical (unpaired) electrons. The van der Waals surface area contributed by atoms with Gasteiger partial charge < -0.3 is 15.1 Å². The van der Waals surface area contributed by atoms with Crippen molar-refractivity contribution >= 4 is 17.4 Å². The molecule has 2 amide bonds. The molecule has 0 aliphatic heterocycles. The van der Waals surface area contributed by atoms with Crippen molar-refractivity contribution in [1.29, 1.82) is 0 Å². The third-order valence-electron chi connectivity index (χ3n) is 4.14. The second-order valence-corrected chi connectivity index (χ2v) is 6.44. The number of amides is 2. The quantitative estimate of drug-likeness (QED) is 0.726. The van der Waals surface area contributed by atoms with Crippen LogP contribution in [0.3, 0.4) is 0 Å². The fourth-order valence-corrected chi connectivity index (χ4v) is 2.67. The van der Waals surface area contributed by atoms with E-state index < -0.39 is 0 Å². The predicted molar refractivity (Wildman–Crippen MR) is 108 cm³/mol. The molecule has 0 bridgehead atoms. The van der Waals surface area contributed by atoms with E-state index in [1.54, 1.807) is 29.7 Å². The summed E-state index contributed by atoms with van der Waals surface area (Å²) in [5.74, 6) is 0. The Hall–Kier alpha value is -3.41. The Morgan fingerprint density at radius 3 is 2.22 bits per heavy atom. The summed E-state index contributed by atoms with van der Waals surface area (Å²) in [5.41, 5.74) is 3.84. The molecule has 2 aromatic heterocycles. The average molecular weight is 361 g/mol. The van der Waals surface area contributed by atoms with Crippen molar-refractivity contribution in [3.8, 4) is 0 Å². The van der Waals surface area contributed by atoms with Gasteiger partial charge in [-0.3, -0.25) is 9.97 Å². The van der Waals surface area contributed by atoms with Gasteiger partial charge in [-0.05, 0) is 53.6 Å². The van der Waals surface area contributed by atoms with Gasteiger partial charge in [0.1, 0.15) is 0 Å². The molecule has 0 unspecified atom stereocenters. The first kappa shape index (κ1) is 18.4. The first-order valence-corrected chi connectivity index (χ1v) is 8.73. The Labute approximate surface area is 159 Å². The Balaban J connectivity index is 1.75. The Bertz CT molecular complexity index is 809. The molecule has 3 aromatic rings. The van der Waals surface area contributed by atoms with Crippen LogP contribution in [0.1, 0.15) is 11.1 Å². The van der Waals surface area contributed by atoms with Crippen molar-refractivity contribution in [2.75, 3.05) is 24.3 Å². The van der Waals surface area contributed by atoms with Gasteiger partial charge in [-0.15, -0.1) is 0 Å². The summed E-state index contributed by atoms with van der Waals surface area (Å²) in [7, 11) is 3.97. The van der Waals surface area contributed by atoms with E-state index in [1.807, 2.05) is 67.5 Å². The Morgan fingerprint density at radius 2 is 1.59 bits per heavy atom. The van der Waals surface area contributed by atoms with E-state index in [2.05, 4.69) is 15.3 Å². The van der Waals surface area contributed by atoms with Crippen molar-refractivity contribution < 1.29 is 4.79 Å². The molecule has 0 aliphatic rings. The summed E-state index contributed by atoms with van der Waals surface area (Å²) in [4.78, 5) is 24.9. The predicted octanol–water partition coefficient (Wildman–Crippen LogP) is 3.78. The highest BCUT2D eigenvalue weighted by atomic mass is 16.2. The molecule has 6 heteroatoms. The van der Waals surface area contributed by atoms with E-state index in [4.69, 9.17) is 0 Å². The Kier molecular flexibility index (Phi) is 5.99. The zero-order chi connectivity index (χ0) is 19.1. The van der Waals surface area contributed by atoms with Crippen LogP contribution in [-0.2, 0) is 13.1 Å². The van der Waals surface area contributed by atoms with Crippen molar-refractivity contribution in [2.24, 2.45) is 0 Å². The van der Waals surface area contributed by atoms with Gasteiger partial charge >= 0.3 is 6.03 Å². The van der Waals surface area contributed by atoms with Gasteiger partial charge in [0.15, 0.2) is 0 Å². The van der Waals surface area contributed by atoms with Crippen LogP contribution < -0.4 is 10.2 Å². The van der Waals surface area contributed by atoms with Crippen LogP contribution in [0.2, 0.25) is 0 Å². The fraction of sp³-hybridized carbons (Fsp3) is 0.190. The minimum Gasteiger partial charge on any atom is -0.378 e. The summed E-state index contributed by atoms with van der Waals surface area (Å²) in [6.45, 7) is 0.955. The van der Waals surface area contributed by atoms with E-state index in [-0.39, 0.29) is 6.03 Å². The molecule has 0 saturated carbocycles. The average Bonchev–Trinajstić information content (AvgIpc) is 2.69. The van der Waals surface area contributed by atoms with Crippen LogP contribution >= 0.6 is 0 Å². The third-order valence-corrected chi connectivity index (χ3v) is 4.14. The zero-order valence-corrected chi connectivity index (χ0v) is 15.5. The summed E-state index contributed by atoms with van der Waals surface area (Å²) < 4.78 is 0. The van der Waals surface area contributed by atoms with Crippen molar-refractivity contribution in [2.45, 2.75) is 13.1 Å². The SMILES string of the molecule is CN(C)c1ccc(NC(=O)N(Cc2ccncc2)Cc2cccnc2)cc1. The molecule has 3 rings (SSSR count). The van der Waals surface area contributed by atoms with Gasteiger partial charge in [0, 0.05) is 63.3 Å². The third kappa shape index (κ3) is 5.28. The maximum Gasteiger partial charge on any atom is 0.322 e. The van der Waals surface area contributed by atoms with E-state index >= 15 is 0 Å². The number of carbonyl (C=O) groups excluding carboxylic acids is 1. The summed E-state index contributed by atoms with van der Waals surface area (Å²) >= 11 is 0. The second kappa shape index (κ2) is 8.80. The van der Waals surface area contributed by atoms with Gasteiger partial charge in [-0.25, -0.2) is 4.79 Å². The lowest BCUT2D eigenvalue weighted by Crippen LogP contribution is -2.34. The van der Waals surface area contributed by atoms with E-state index in [0.717, 1.165) is 22.5 Å². The lowest BCUT2D eigenvalue weighted by atomic mass is 10.2. The molecule has 1 aromatic carbocycles. The number of urea groups is 1. The fourth-order valence-electron chi connectivity index (χ4n) is 2.67. The molecule has 0 aliphatic carbocycles. The normalized spacial score (nSPS) is 10.3. The summed E-state index contributed by atoms with van der Waals surface area (Å²) in [6, 6.07) is 15.3. The van der Waals surface area contributed by atoms with Gasteiger partial charge in [0.2, 0.25) is 0 Å². The molecule has 0 saturated heterocycles. The number of benzene rings is 1. The molecule has 0 fully saturated rings. The maximum absolute atomic E-state index is 12.9. The number of pyridine rings is 2.